The Bertz CT molecular complexity index is 679. The van der Waals surface area contributed by atoms with E-state index in [2.05, 4.69) is 34.7 Å². The molecule has 1 saturated heterocycles. The number of benzene rings is 1. The monoisotopic (exact) mass is 380 g/mol. The van der Waals surface area contributed by atoms with Crippen LogP contribution in [0.5, 0.6) is 0 Å². The Morgan fingerprint density at radius 2 is 2.16 bits per heavy atom. The number of hydrogen-bond donors (Lipinski definition) is 1. The van der Waals surface area contributed by atoms with Crippen molar-refractivity contribution in [3.8, 4) is 0 Å². The van der Waals surface area contributed by atoms with Gasteiger partial charge in [0.1, 0.15) is 6.04 Å². The van der Waals surface area contributed by atoms with Crippen LogP contribution < -0.4 is 5.32 Å². The predicted octanol–water partition coefficient (Wildman–Crippen LogP) is 2.74. The Morgan fingerprint density at radius 1 is 1.40 bits per heavy atom. The molecule has 1 aromatic carbocycles. The van der Waals surface area contributed by atoms with Gasteiger partial charge in [0.25, 0.3) is 0 Å². The lowest BCUT2D eigenvalue weighted by Gasteiger charge is -2.22. The van der Waals surface area contributed by atoms with Gasteiger partial charge in [-0.15, -0.1) is 24.2 Å². The standard InChI is InChI=1S/C18H24N4OS.ClH/c1-19-17(15-10-20-21(2)12-15)18(23)22-9-8-14(11-22)13-24-16-6-4-3-5-7-16;/h3-7,10,12,14,17,19H,8-9,11,13H2,1-2H3;1H. The second-order valence-electron chi connectivity index (χ2n) is 6.23. The molecule has 1 N–H and O–H groups in total. The topological polar surface area (TPSA) is 50.2 Å². The number of amides is 1. The lowest BCUT2D eigenvalue weighted by molar-refractivity contribution is -0.132. The van der Waals surface area contributed by atoms with Crippen LogP contribution >= 0.6 is 24.2 Å². The lowest BCUT2D eigenvalue weighted by atomic mass is 10.1. The number of likely N-dealkylation sites (N-methyl/N-ethyl adjacent to an activating group) is 1. The van der Waals surface area contributed by atoms with Crippen molar-refractivity contribution in [2.45, 2.75) is 17.4 Å². The summed E-state index contributed by atoms with van der Waals surface area (Å²) < 4.78 is 1.73. The first kappa shape index (κ1) is 19.8. The molecule has 1 aromatic heterocycles. The van der Waals surface area contributed by atoms with E-state index in [4.69, 9.17) is 0 Å². The molecule has 0 aliphatic carbocycles. The van der Waals surface area contributed by atoms with Crippen LogP contribution in [0.1, 0.15) is 18.0 Å². The normalized spacial score (nSPS) is 18.0. The Kier molecular flexibility index (Phi) is 7.35. The van der Waals surface area contributed by atoms with Crippen molar-refractivity contribution < 1.29 is 4.79 Å². The molecule has 0 saturated carbocycles. The highest BCUT2D eigenvalue weighted by atomic mass is 35.5. The summed E-state index contributed by atoms with van der Waals surface area (Å²) in [6.07, 6.45) is 4.74. The quantitative estimate of drug-likeness (QED) is 0.783. The third-order valence-corrected chi connectivity index (χ3v) is 5.66. The van der Waals surface area contributed by atoms with Gasteiger partial charge in [-0.1, -0.05) is 18.2 Å². The molecule has 0 spiro atoms. The molecule has 5 nitrogen and oxygen atoms in total. The van der Waals surface area contributed by atoms with Crippen LogP contribution in [-0.2, 0) is 11.8 Å². The molecule has 1 aliphatic rings. The van der Waals surface area contributed by atoms with Gasteiger partial charge < -0.3 is 10.2 Å². The molecule has 2 aromatic rings. The highest BCUT2D eigenvalue weighted by Gasteiger charge is 2.31. The van der Waals surface area contributed by atoms with E-state index in [0.717, 1.165) is 30.8 Å². The maximum atomic E-state index is 12.8. The molecule has 1 amide bonds. The largest absolute Gasteiger partial charge is 0.341 e. The number of rotatable bonds is 6. The second-order valence-corrected chi connectivity index (χ2v) is 7.33. The number of aromatic nitrogens is 2. The van der Waals surface area contributed by atoms with Crippen molar-refractivity contribution in [2.24, 2.45) is 13.0 Å². The maximum Gasteiger partial charge on any atom is 0.244 e. The number of nitrogens with zero attached hydrogens (tertiary/aromatic N) is 3. The summed E-state index contributed by atoms with van der Waals surface area (Å²) >= 11 is 1.88. The minimum atomic E-state index is -0.306. The zero-order chi connectivity index (χ0) is 16.9. The van der Waals surface area contributed by atoms with E-state index in [-0.39, 0.29) is 24.4 Å². The minimum absolute atomic E-state index is 0. The van der Waals surface area contributed by atoms with Gasteiger partial charge in [0.2, 0.25) is 5.91 Å². The first-order chi connectivity index (χ1) is 11.7. The van der Waals surface area contributed by atoms with Crippen molar-refractivity contribution in [1.82, 2.24) is 20.0 Å². The Hall–Kier alpha value is -1.50. The van der Waals surface area contributed by atoms with Crippen LogP contribution in [0, 0.1) is 5.92 Å². The molecule has 0 bridgehead atoms. The fourth-order valence-electron chi connectivity index (χ4n) is 3.10. The van der Waals surface area contributed by atoms with Gasteiger partial charge in [-0.05, 0) is 31.5 Å². The van der Waals surface area contributed by atoms with Crippen LogP contribution in [0.3, 0.4) is 0 Å². The summed E-state index contributed by atoms with van der Waals surface area (Å²) in [5, 5.41) is 7.31. The van der Waals surface area contributed by atoms with Gasteiger partial charge in [-0.3, -0.25) is 9.48 Å². The predicted molar refractivity (Wildman–Crippen MR) is 104 cm³/mol. The van der Waals surface area contributed by atoms with Gasteiger partial charge in [-0.25, -0.2) is 0 Å². The molecule has 136 valence electrons. The van der Waals surface area contributed by atoms with E-state index in [1.807, 2.05) is 43.0 Å². The fourth-order valence-corrected chi connectivity index (χ4v) is 4.15. The Morgan fingerprint density at radius 3 is 2.80 bits per heavy atom. The van der Waals surface area contributed by atoms with Crippen molar-refractivity contribution in [3.63, 3.8) is 0 Å². The number of halogens is 1. The van der Waals surface area contributed by atoms with Crippen molar-refractivity contribution in [1.29, 1.82) is 0 Å². The summed E-state index contributed by atoms with van der Waals surface area (Å²) in [7, 11) is 3.70. The number of carbonyl (C=O) groups excluding carboxylic acids is 1. The number of carbonyl (C=O) groups is 1. The number of hydrogen-bond acceptors (Lipinski definition) is 4. The van der Waals surface area contributed by atoms with Crippen LogP contribution in [0.25, 0.3) is 0 Å². The SMILES string of the molecule is CNC(C(=O)N1CCC(CSc2ccccc2)C1)c1cnn(C)c1.Cl. The summed E-state index contributed by atoms with van der Waals surface area (Å²) in [6, 6.07) is 10.1. The van der Waals surface area contributed by atoms with Crippen LogP contribution in [0.15, 0.2) is 47.6 Å². The fraction of sp³-hybridized carbons (Fsp3) is 0.444. The number of likely N-dealkylation sites (tertiary alicyclic amines) is 1. The van der Waals surface area contributed by atoms with Crippen molar-refractivity contribution >= 4 is 30.1 Å². The molecule has 7 heteroatoms. The molecule has 1 aliphatic heterocycles. The lowest BCUT2D eigenvalue weighted by Crippen LogP contribution is -2.38. The second kappa shape index (κ2) is 9.27. The molecular formula is C18H25ClN4OS. The van der Waals surface area contributed by atoms with Gasteiger partial charge >= 0.3 is 0 Å². The molecule has 25 heavy (non-hydrogen) atoms. The smallest absolute Gasteiger partial charge is 0.244 e. The van der Waals surface area contributed by atoms with Crippen LogP contribution in [0.2, 0.25) is 0 Å². The maximum absolute atomic E-state index is 12.8. The average Bonchev–Trinajstić information content (AvgIpc) is 3.24. The molecule has 1 fully saturated rings. The summed E-state index contributed by atoms with van der Waals surface area (Å²) in [6.45, 7) is 1.69. The highest BCUT2D eigenvalue weighted by molar-refractivity contribution is 7.99. The van der Waals surface area contributed by atoms with E-state index in [9.17, 15) is 4.79 Å². The Labute approximate surface area is 159 Å². The summed E-state index contributed by atoms with van der Waals surface area (Å²) in [5.74, 6) is 1.77. The molecular weight excluding hydrogens is 356 g/mol. The van der Waals surface area contributed by atoms with Crippen molar-refractivity contribution in [3.05, 3.63) is 48.3 Å². The Balaban J connectivity index is 0.00000225. The van der Waals surface area contributed by atoms with Gasteiger partial charge in [0.15, 0.2) is 0 Å². The van der Waals surface area contributed by atoms with Crippen LogP contribution in [0.4, 0.5) is 0 Å². The number of aryl methyl sites for hydroxylation is 1. The minimum Gasteiger partial charge on any atom is -0.341 e. The zero-order valence-electron chi connectivity index (χ0n) is 14.6. The number of nitrogens with one attached hydrogen (secondary N) is 1. The zero-order valence-corrected chi connectivity index (χ0v) is 16.2. The van der Waals surface area contributed by atoms with Gasteiger partial charge in [-0.2, -0.15) is 5.10 Å². The summed E-state index contributed by atoms with van der Waals surface area (Å²) in [4.78, 5) is 16.1. The number of thioether (sulfide) groups is 1. The van der Waals surface area contributed by atoms with Gasteiger partial charge in [0.05, 0.1) is 6.20 Å². The van der Waals surface area contributed by atoms with Gasteiger partial charge in [0, 0.05) is 42.5 Å². The molecule has 2 unspecified atom stereocenters. The van der Waals surface area contributed by atoms with E-state index in [1.54, 1.807) is 10.9 Å². The molecule has 0 radical (unpaired) electrons. The van der Waals surface area contributed by atoms with E-state index < -0.39 is 0 Å². The summed E-state index contributed by atoms with van der Waals surface area (Å²) in [5.41, 5.74) is 0.923. The average molecular weight is 381 g/mol. The van der Waals surface area contributed by atoms with E-state index >= 15 is 0 Å². The first-order valence-corrected chi connectivity index (χ1v) is 9.28. The molecule has 3 rings (SSSR count). The highest BCUT2D eigenvalue weighted by Crippen LogP contribution is 2.27. The van der Waals surface area contributed by atoms with E-state index in [1.165, 1.54) is 4.90 Å². The van der Waals surface area contributed by atoms with E-state index in [0.29, 0.717) is 5.92 Å². The van der Waals surface area contributed by atoms with Crippen molar-refractivity contribution in [2.75, 3.05) is 25.9 Å². The third-order valence-electron chi connectivity index (χ3n) is 4.42. The molecule has 2 heterocycles. The molecule has 2 atom stereocenters. The first-order valence-electron chi connectivity index (χ1n) is 8.30. The third kappa shape index (κ3) is 5.00. The van der Waals surface area contributed by atoms with Crippen LogP contribution in [-0.4, -0.2) is 46.5 Å².